The first-order valence-electron chi connectivity index (χ1n) is 6.80. The van der Waals surface area contributed by atoms with Gasteiger partial charge in [0.15, 0.2) is 0 Å². The average molecular weight is 232 g/mol. The van der Waals surface area contributed by atoms with Gasteiger partial charge in [0.2, 0.25) is 0 Å². The van der Waals surface area contributed by atoms with E-state index in [9.17, 15) is 0 Å². The van der Waals surface area contributed by atoms with Gasteiger partial charge in [-0.2, -0.15) is 0 Å². The summed E-state index contributed by atoms with van der Waals surface area (Å²) in [6.45, 7) is 7.72. The number of nitrogens with zero attached hydrogens (tertiary/aromatic N) is 1. The third kappa shape index (κ3) is 3.53. The number of nitrogens with one attached hydrogen (secondary N) is 1. The number of pyridine rings is 1. The molecule has 3 unspecified atom stereocenters. The summed E-state index contributed by atoms with van der Waals surface area (Å²) in [6, 6.07) is 4.94. The van der Waals surface area contributed by atoms with Gasteiger partial charge in [-0.25, -0.2) is 0 Å². The van der Waals surface area contributed by atoms with Gasteiger partial charge in [0.1, 0.15) is 0 Å². The Bertz CT molecular complexity index is 344. The maximum absolute atomic E-state index is 4.34. The first kappa shape index (κ1) is 12.6. The van der Waals surface area contributed by atoms with Crippen molar-refractivity contribution in [3.63, 3.8) is 0 Å². The number of hydrogen-bond donors (Lipinski definition) is 1. The Morgan fingerprint density at radius 1 is 1.29 bits per heavy atom. The second-order valence-electron chi connectivity index (χ2n) is 5.69. The molecule has 1 aliphatic rings. The van der Waals surface area contributed by atoms with Gasteiger partial charge in [-0.15, -0.1) is 0 Å². The van der Waals surface area contributed by atoms with Crippen molar-refractivity contribution in [3.8, 4) is 0 Å². The van der Waals surface area contributed by atoms with Crippen molar-refractivity contribution < 1.29 is 0 Å². The molecule has 1 aliphatic carbocycles. The van der Waals surface area contributed by atoms with Gasteiger partial charge in [0.25, 0.3) is 0 Å². The van der Waals surface area contributed by atoms with Crippen LogP contribution in [0.1, 0.15) is 44.4 Å². The first-order valence-corrected chi connectivity index (χ1v) is 6.80. The number of aromatic nitrogens is 1. The predicted molar refractivity (Wildman–Crippen MR) is 71.8 cm³/mol. The summed E-state index contributed by atoms with van der Waals surface area (Å²) in [4.78, 5) is 4.34. The fraction of sp³-hybridized carbons (Fsp3) is 0.667. The predicted octanol–water partition coefficient (Wildman–Crippen LogP) is 3.30. The lowest BCUT2D eigenvalue weighted by molar-refractivity contribution is 0.227. The van der Waals surface area contributed by atoms with E-state index in [4.69, 9.17) is 0 Å². The van der Waals surface area contributed by atoms with Crippen LogP contribution in [0.25, 0.3) is 0 Å². The summed E-state index contributed by atoms with van der Waals surface area (Å²) in [7, 11) is 0. The summed E-state index contributed by atoms with van der Waals surface area (Å²) in [6.07, 6.45) is 6.07. The molecule has 0 amide bonds. The fourth-order valence-electron chi connectivity index (χ4n) is 2.67. The van der Waals surface area contributed by atoms with E-state index in [-0.39, 0.29) is 0 Å². The second kappa shape index (κ2) is 5.63. The van der Waals surface area contributed by atoms with E-state index in [0.29, 0.717) is 6.04 Å². The molecule has 1 aromatic heterocycles. The van der Waals surface area contributed by atoms with Crippen LogP contribution in [0.4, 0.5) is 0 Å². The van der Waals surface area contributed by atoms with Gasteiger partial charge in [0, 0.05) is 24.5 Å². The highest BCUT2D eigenvalue weighted by Crippen LogP contribution is 2.28. The molecule has 1 fully saturated rings. The van der Waals surface area contributed by atoms with E-state index < -0.39 is 0 Å². The quantitative estimate of drug-likeness (QED) is 0.865. The highest BCUT2D eigenvalue weighted by atomic mass is 14.9. The molecule has 0 bridgehead atoms. The zero-order valence-corrected chi connectivity index (χ0v) is 11.2. The molecule has 1 saturated carbocycles. The SMILES string of the molecule is Cc1ccc(CNC2CC(C)CCC2C)cn1. The third-order valence-corrected chi connectivity index (χ3v) is 4.00. The van der Waals surface area contributed by atoms with Gasteiger partial charge >= 0.3 is 0 Å². The normalized spacial score (nSPS) is 29.2. The minimum absolute atomic E-state index is 0.681. The van der Waals surface area contributed by atoms with Crippen LogP contribution in [0, 0.1) is 18.8 Å². The minimum Gasteiger partial charge on any atom is -0.310 e. The van der Waals surface area contributed by atoms with Crippen molar-refractivity contribution in [2.24, 2.45) is 11.8 Å². The van der Waals surface area contributed by atoms with Gasteiger partial charge < -0.3 is 5.32 Å². The molecule has 17 heavy (non-hydrogen) atoms. The molecule has 2 heteroatoms. The van der Waals surface area contributed by atoms with Crippen LogP contribution in [0.2, 0.25) is 0 Å². The molecule has 1 N–H and O–H groups in total. The van der Waals surface area contributed by atoms with Gasteiger partial charge in [0.05, 0.1) is 0 Å². The maximum atomic E-state index is 4.34. The largest absolute Gasteiger partial charge is 0.310 e. The lowest BCUT2D eigenvalue weighted by Crippen LogP contribution is -2.39. The third-order valence-electron chi connectivity index (χ3n) is 4.00. The second-order valence-corrected chi connectivity index (χ2v) is 5.69. The molecular formula is C15H24N2. The molecule has 94 valence electrons. The summed E-state index contributed by atoms with van der Waals surface area (Å²) in [5.41, 5.74) is 2.38. The van der Waals surface area contributed by atoms with Crippen LogP contribution >= 0.6 is 0 Å². The topological polar surface area (TPSA) is 24.9 Å². The molecule has 0 aliphatic heterocycles. The van der Waals surface area contributed by atoms with Crippen molar-refractivity contribution in [1.29, 1.82) is 0 Å². The number of rotatable bonds is 3. The summed E-state index contributed by atoms with van der Waals surface area (Å²) < 4.78 is 0. The average Bonchev–Trinajstić information content (AvgIpc) is 2.32. The van der Waals surface area contributed by atoms with Crippen LogP contribution in [0.15, 0.2) is 18.3 Å². The lowest BCUT2D eigenvalue weighted by atomic mass is 9.80. The zero-order valence-electron chi connectivity index (χ0n) is 11.2. The van der Waals surface area contributed by atoms with Crippen molar-refractivity contribution in [3.05, 3.63) is 29.6 Å². The van der Waals surface area contributed by atoms with Crippen molar-refractivity contribution >= 4 is 0 Å². The molecule has 1 heterocycles. The van der Waals surface area contributed by atoms with E-state index in [1.807, 2.05) is 13.1 Å². The van der Waals surface area contributed by atoms with E-state index in [2.05, 4.69) is 36.3 Å². The monoisotopic (exact) mass is 232 g/mol. The van der Waals surface area contributed by atoms with Crippen LogP contribution in [-0.4, -0.2) is 11.0 Å². The van der Waals surface area contributed by atoms with Crippen LogP contribution < -0.4 is 5.32 Å². The Balaban J connectivity index is 1.86. The molecular weight excluding hydrogens is 208 g/mol. The van der Waals surface area contributed by atoms with Crippen molar-refractivity contribution in [2.75, 3.05) is 0 Å². The molecule has 1 aromatic rings. The summed E-state index contributed by atoms with van der Waals surface area (Å²) >= 11 is 0. The molecule has 0 saturated heterocycles. The van der Waals surface area contributed by atoms with Crippen LogP contribution in [-0.2, 0) is 6.54 Å². The van der Waals surface area contributed by atoms with E-state index >= 15 is 0 Å². The van der Waals surface area contributed by atoms with Gasteiger partial charge in [-0.05, 0) is 43.2 Å². The Kier molecular flexibility index (Phi) is 4.16. The highest BCUT2D eigenvalue weighted by molar-refractivity contribution is 5.13. The van der Waals surface area contributed by atoms with Crippen molar-refractivity contribution in [1.82, 2.24) is 10.3 Å². The van der Waals surface area contributed by atoms with Crippen LogP contribution in [0.3, 0.4) is 0 Å². The molecule has 2 nitrogen and oxygen atoms in total. The number of aryl methyl sites for hydroxylation is 1. The molecule has 0 radical (unpaired) electrons. The highest BCUT2D eigenvalue weighted by Gasteiger charge is 2.24. The molecule has 0 spiro atoms. The zero-order chi connectivity index (χ0) is 12.3. The Hall–Kier alpha value is -0.890. The minimum atomic E-state index is 0.681. The fourth-order valence-corrected chi connectivity index (χ4v) is 2.67. The first-order chi connectivity index (χ1) is 8.15. The van der Waals surface area contributed by atoms with E-state index in [1.165, 1.54) is 24.8 Å². The van der Waals surface area contributed by atoms with Gasteiger partial charge in [-0.1, -0.05) is 26.3 Å². The van der Waals surface area contributed by atoms with E-state index in [1.54, 1.807) is 0 Å². The summed E-state index contributed by atoms with van der Waals surface area (Å²) in [5, 5.41) is 3.70. The maximum Gasteiger partial charge on any atom is 0.0372 e. The van der Waals surface area contributed by atoms with Crippen molar-refractivity contribution in [2.45, 2.75) is 52.6 Å². The Labute approximate surface area is 105 Å². The lowest BCUT2D eigenvalue weighted by Gasteiger charge is -2.33. The Morgan fingerprint density at radius 2 is 2.12 bits per heavy atom. The van der Waals surface area contributed by atoms with Gasteiger partial charge in [-0.3, -0.25) is 4.98 Å². The smallest absolute Gasteiger partial charge is 0.0372 e. The van der Waals surface area contributed by atoms with Crippen LogP contribution in [0.5, 0.6) is 0 Å². The summed E-state index contributed by atoms with van der Waals surface area (Å²) in [5.74, 6) is 1.68. The Morgan fingerprint density at radius 3 is 2.82 bits per heavy atom. The van der Waals surface area contributed by atoms with E-state index in [0.717, 1.165) is 24.1 Å². The molecule has 2 rings (SSSR count). The standard InChI is InChI=1S/C15H24N2/c1-11-4-5-12(2)15(8-11)17-10-14-7-6-13(3)16-9-14/h6-7,9,11-12,15,17H,4-5,8,10H2,1-3H3. The molecule has 3 atom stereocenters. The molecule has 0 aromatic carbocycles. The number of hydrogen-bond acceptors (Lipinski definition) is 2.